The number of nitriles is 1. The fourth-order valence-corrected chi connectivity index (χ4v) is 3.66. The Morgan fingerprint density at radius 3 is 2.42 bits per heavy atom. The van der Waals surface area contributed by atoms with Crippen molar-refractivity contribution in [1.29, 1.82) is 5.26 Å². The van der Waals surface area contributed by atoms with Crippen LogP contribution in [0.25, 0.3) is 17.0 Å². The van der Waals surface area contributed by atoms with E-state index in [1.54, 1.807) is 35.0 Å². The molecule has 0 aliphatic carbocycles. The average Bonchev–Trinajstić information content (AvgIpc) is 3.15. The minimum atomic E-state index is -0.543. The normalized spacial score (nSPS) is 11.1. The molecule has 3 aromatic carbocycles. The minimum Gasteiger partial charge on any atom is -0.337 e. The van der Waals surface area contributed by atoms with Gasteiger partial charge in [-0.1, -0.05) is 54.1 Å². The number of hydrogen-bond acceptors (Lipinski definition) is 3. The maximum Gasteiger partial charge on any atom is 0.266 e. The first-order chi connectivity index (χ1) is 16.0. The number of anilines is 2. The average molecular weight is 455 g/mol. The lowest BCUT2D eigenvalue weighted by molar-refractivity contribution is -0.116. The summed E-state index contributed by atoms with van der Waals surface area (Å²) in [6, 6.07) is 25.4. The fraction of sp³-hybridized carbons (Fsp3) is 0.0385. The number of carbonyl (C=O) groups is 2. The number of halogens is 1. The van der Waals surface area contributed by atoms with Gasteiger partial charge in [-0.05, 0) is 42.5 Å². The van der Waals surface area contributed by atoms with Crippen molar-refractivity contribution in [2.24, 2.45) is 0 Å². The van der Waals surface area contributed by atoms with Gasteiger partial charge >= 0.3 is 0 Å². The second kappa shape index (κ2) is 9.86. The lowest BCUT2D eigenvalue weighted by Gasteiger charge is -2.07. The molecular weight excluding hydrogens is 436 g/mol. The third-order valence-electron chi connectivity index (χ3n) is 4.94. The first-order valence-electron chi connectivity index (χ1n) is 10.1. The molecule has 2 amide bonds. The molecule has 0 aliphatic rings. The Morgan fingerprint density at radius 2 is 1.67 bits per heavy atom. The number of hydrogen-bond donors (Lipinski definition) is 2. The Bertz CT molecular complexity index is 1400. The van der Waals surface area contributed by atoms with Gasteiger partial charge in [0.05, 0.1) is 0 Å². The SMILES string of the molecule is N#C/C(=C\c1cn(CC(=O)Nc2ccccc2)c2ccccc12)C(=O)Nc1cccc(Cl)c1. The zero-order valence-electron chi connectivity index (χ0n) is 17.5. The van der Waals surface area contributed by atoms with Crippen LogP contribution in [0.1, 0.15) is 5.56 Å². The van der Waals surface area contributed by atoms with Crippen molar-refractivity contribution in [3.63, 3.8) is 0 Å². The summed E-state index contributed by atoms with van der Waals surface area (Å²) >= 11 is 5.97. The van der Waals surface area contributed by atoms with Gasteiger partial charge in [0.2, 0.25) is 5.91 Å². The molecule has 7 heteroatoms. The molecule has 0 spiro atoms. The van der Waals surface area contributed by atoms with Crippen LogP contribution in [0.5, 0.6) is 0 Å². The van der Waals surface area contributed by atoms with Gasteiger partial charge in [0.1, 0.15) is 18.2 Å². The van der Waals surface area contributed by atoms with Gasteiger partial charge in [-0.3, -0.25) is 9.59 Å². The highest BCUT2D eigenvalue weighted by Gasteiger charge is 2.14. The molecule has 2 N–H and O–H groups in total. The van der Waals surface area contributed by atoms with Crippen molar-refractivity contribution in [1.82, 2.24) is 4.57 Å². The number of nitrogens with zero attached hydrogens (tertiary/aromatic N) is 2. The lowest BCUT2D eigenvalue weighted by Crippen LogP contribution is -2.18. The third kappa shape index (κ3) is 5.29. The van der Waals surface area contributed by atoms with Crippen LogP contribution >= 0.6 is 11.6 Å². The van der Waals surface area contributed by atoms with Gasteiger partial charge in [-0.2, -0.15) is 5.26 Å². The predicted octanol–water partition coefficient (Wildman–Crippen LogP) is 5.48. The topological polar surface area (TPSA) is 86.9 Å². The summed E-state index contributed by atoms with van der Waals surface area (Å²) in [5.74, 6) is -0.727. The van der Waals surface area contributed by atoms with E-state index in [9.17, 15) is 14.9 Å². The number of para-hydroxylation sites is 2. The van der Waals surface area contributed by atoms with E-state index in [1.807, 2.05) is 60.7 Å². The highest BCUT2D eigenvalue weighted by atomic mass is 35.5. The zero-order valence-corrected chi connectivity index (χ0v) is 18.2. The Hall–Kier alpha value is -4.34. The number of benzene rings is 3. The van der Waals surface area contributed by atoms with E-state index in [1.165, 1.54) is 6.08 Å². The molecule has 0 saturated heterocycles. The summed E-state index contributed by atoms with van der Waals surface area (Å²) < 4.78 is 1.79. The van der Waals surface area contributed by atoms with Crippen molar-refractivity contribution >= 4 is 51.8 Å². The minimum absolute atomic E-state index is 0.0633. The molecular formula is C26H19ClN4O2. The van der Waals surface area contributed by atoms with Crippen LogP contribution in [0.2, 0.25) is 5.02 Å². The van der Waals surface area contributed by atoms with Crippen LogP contribution in [0.4, 0.5) is 11.4 Å². The molecule has 162 valence electrons. The van der Waals surface area contributed by atoms with E-state index < -0.39 is 5.91 Å². The van der Waals surface area contributed by atoms with Gasteiger partial charge in [-0.25, -0.2) is 0 Å². The van der Waals surface area contributed by atoms with Crippen LogP contribution in [-0.4, -0.2) is 16.4 Å². The molecule has 4 rings (SSSR count). The molecule has 0 atom stereocenters. The molecule has 0 unspecified atom stereocenters. The summed E-state index contributed by atoms with van der Waals surface area (Å²) in [6.45, 7) is 0.0832. The van der Waals surface area contributed by atoms with Crippen molar-refractivity contribution in [2.75, 3.05) is 10.6 Å². The van der Waals surface area contributed by atoms with Crippen molar-refractivity contribution in [3.05, 3.63) is 101 Å². The Balaban J connectivity index is 1.60. The van der Waals surface area contributed by atoms with Crippen LogP contribution in [-0.2, 0) is 16.1 Å². The molecule has 4 aromatic rings. The number of fused-ring (bicyclic) bond motifs is 1. The molecule has 0 saturated carbocycles. The van der Waals surface area contributed by atoms with E-state index in [-0.39, 0.29) is 18.0 Å². The quantitative estimate of drug-likeness (QED) is 0.299. The standard InChI is InChI=1S/C26H19ClN4O2/c27-20-7-6-10-22(14-20)30-26(33)18(15-28)13-19-16-31(24-12-5-4-11-23(19)24)17-25(32)29-21-8-2-1-3-9-21/h1-14,16H,17H2,(H,29,32)(H,30,33)/b18-13+. The molecule has 0 aliphatic heterocycles. The third-order valence-corrected chi connectivity index (χ3v) is 5.17. The predicted molar refractivity (Wildman–Crippen MR) is 131 cm³/mol. The molecule has 0 fully saturated rings. The summed E-state index contributed by atoms with van der Waals surface area (Å²) in [5.41, 5.74) is 2.62. The van der Waals surface area contributed by atoms with Crippen LogP contribution in [0, 0.1) is 11.3 Å². The van der Waals surface area contributed by atoms with Crippen LogP contribution in [0.3, 0.4) is 0 Å². The lowest BCUT2D eigenvalue weighted by atomic mass is 10.1. The van der Waals surface area contributed by atoms with Gasteiger partial charge in [0.15, 0.2) is 0 Å². The maximum atomic E-state index is 12.7. The van der Waals surface area contributed by atoms with E-state index >= 15 is 0 Å². The fourth-order valence-electron chi connectivity index (χ4n) is 3.47. The second-order valence-electron chi connectivity index (χ2n) is 7.28. The number of rotatable bonds is 6. The van der Waals surface area contributed by atoms with E-state index in [0.29, 0.717) is 22.0 Å². The van der Waals surface area contributed by atoms with Gasteiger partial charge < -0.3 is 15.2 Å². The molecule has 33 heavy (non-hydrogen) atoms. The first-order valence-corrected chi connectivity index (χ1v) is 10.5. The summed E-state index contributed by atoms with van der Waals surface area (Å²) in [6.07, 6.45) is 3.28. The van der Waals surface area contributed by atoms with Crippen molar-refractivity contribution < 1.29 is 9.59 Å². The van der Waals surface area contributed by atoms with Gasteiger partial charge in [-0.15, -0.1) is 0 Å². The van der Waals surface area contributed by atoms with Gasteiger partial charge in [0, 0.05) is 39.1 Å². The Morgan fingerprint density at radius 1 is 0.939 bits per heavy atom. The Labute approximate surface area is 195 Å². The maximum absolute atomic E-state index is 12.7. The molecule has 1 aromatic heterocycles. The molecule has 6 nitrogen and oxygen atoms in total. The number of amides is 2. The van der Waals surface area contributed by atoms with E-state index in [4.69, 9.17) is 11.6 Å². The second-order valence-corrected chi connectivity index (χ2v) is 7.71. The summed E-state index contributed by atoms with van der Waals surface area (Å²) in [7, 11) is 0. The monoisotopic (exact) mass is 454 g/mol. The smallest absolute Gasteiger partial charge is 0.266 e. The highest BCUT2D eigenvalue weighted by molar-refractivity contribution is 6.31. The van der Waals surface area contributed by atoms with Crippen LogP contribution < -0.4 is 10.6 Å². The zero-order chi connectivity index (χ0) is 23.2. The van der Waals surface area contributed by atoms with E-state index in [2.05, 4.69) is 10.6 Å². The first kappa shape index (κ1) is 21.9. The summed E-state index contributed by atoms with van der Waals surface area (Å²) in [5, 5.41) is 16.5. The van der Waals surface area contributed by atoms with E-state index in [0.717, 1.165) is 10.9 Å². The highest BCUT2D eigenvalue weighted by Crippen LogP contribution is 2.24. The number of nitrogens with one attached hydrogen (secondary N) is 2. The molecule has 0 radical (unpaired) electrons. The Kier molecular flexibility index (Phi) is 6.53. The van der Waals surface area contributed by atoms with Gasteiger partial charge in [0.25, 0.3) is 5.91 Å². The molecule has 0 bridgehead atoms. The number of aromatic nitrogens is 1. The largest absolute Gasteiger partial charge is 0.337 e. The summed E-state index contributed by atoms with van der Waals surface area (Å²) in [4.78, 5) is 25.2. The molecule has 1 heterocycles. The van der Waals surface area contributed by atoms with Crippen molar-refractivity contribution in [3.8, 4) is 6.07 Å². The van der Waals surface area contributed by atoms with Crippen molar-refractivity contribution in [2.45, 2.75) is 6.54 Å². The number of carbonyl (C=O) groups excluding carboxylic acids is 2. The van der Waals surface area contributed by atoms with Crippen LogP contribution in [0.15, 0.2) is 90.6 Å².